The summed E-state index contributed by atoms with van der Waals surface area (Å²) in [5, 5.41) is 40.2. The second-order valence-electron chi connectivity index (χ2n) is 16.5. The molecule has 1 fully saturated rings. The molecule has 0 spiro atoms. The Morgan fingerprint density at radius 1 is 0.541 bits per heavy atom. The number of allylic oxidation sites excluding steroid dienone is 12. The molecule has 1 rings (SSSR count). The molecule has 1 heterocycles. The number of aliphatic hydroxyl groups is 4. The molecule has 0 radical (unpaired) electrons. The molecular weight excluding hydrogens is 769 g/mol. The zero-order valence-corrected chi connectivity index (χ0v) is 38.6. The van der Waals surface area contributed by atoms with Crippen LogP contribution in [0.2, 0.25) is 0 Å². The van der Waals surface area contributed by atoms with E-state index in [2.05, 4.69) is 86.8 Å². The van der Waals surface area contributed by atoms with Crippen molar-refractivity contribution in [3.05, 3.63) is 72.9 Å². The Morgan fingerprint density at radius 2 is 1.00 bits per heavy atom. The average Bonchev–Trinajstić information content (AvgIpc) is 3.26. The van der Waals surface area contributed by atoms with Gasteiger partial charge in [0.2, 0.25) is 0 Å². The molecule has 0 aromatic carbocycles. The number of ether oxygens (including phenoxy) is 4. The molecule has 6 atom stereocenters. The van der Waals surface area contributed by atoms with Crippen LogP contribution in [0.3, 0.4) is 0 Å². The minimum atomic E-state index is -1.54. The first-order chi connectivity index (χ1) is 29.9. The van der Waals surface area contributed by atoms with Gasteiger partial charge < -0.3 is 39.4 Å². The van der Waals surface area contributed by atoms with Crippen LogP contribution in [0.1, 0.15) is 187 Å². The maximum Gasteiger partial charge on any atom is 0.306 e. The smallest absolute Gasteiger partial charge is 0.306 e. The van der Waals surface area contributed by atoms with Gasteiger partial charge in [-0.1, -0.05) is 189 Å². The third kappa shape index (κ3) is 33.8. The van der Waals surface area contributed by atoms with Gasteiger partial charge >= 0.3 is 5.97 Å². The van der Waals surface area contributed by atoms with Crippen LogP contribution in [0.4, 0.5) is 0 Å². The van der Waals surface area contributed by atoms with Crippen LogP contribution in [0.15, 0.2) is 72.9 Å². The first-order valence-electron chi connectivity index (χ1n) is 24.5. The Bertz CT molecular complexity index is 1160. The number of rotatable bonds is 41. The molecule has 1 aliphatic heterocycles. The summed E-state index contributed by atoms with van der Waals surface area (Å²) >= 11 is 0. The van der Waals surface area contributed by atoms with Crippen LogP contribution in [-0.2, 0) is 23.7 Å². The average molecular weight is 859 g/mol. The van der Waals surface area contributed by atoms with Crippen LogP contribution in [-0.4, -0.2) is 89.6 Å². The molecule has 0 saturated carbocycles. The predicted octanol–water partition coefficient (Wildman–Crippen LogP) is 11.6. The highest BCUT2D eigenvalue weighted by Crippen LogP contribution is 2.22. The first-order valence-corrected chi connectivity index (χ1v) is 24.5. The quantitative estimate of drug-likeness (QED) is 0.0269. The van der Waals surface area contributed by atoms with Crippen molar-refractivity contribution >= 4 is 5.97 Å². The molecule has 61 heavy (non-hydrogen) atoms. The lowest BCUT2D eigenvalue weighted by Gasteiger charge is -2.39. The third-order valence-electron chi connectivity index (χ3n) is 10.9. The number of aliphatic hydroxyl groups excluding tert-OH is 4. The summed E-state index contributed by atoms with van der Waals surface area (Å²) in [5.74, 6) is -0.322. The highest BCUT2D eigenvalue weighted by molar-refractivity contribution is 5.69. The van der Waals surface area contributed by atoms with Gasteiger partial charge in [-0.3, -0.25) is 4.79 Å². The van der Waals surface area contributed by atoms with Crippen LogP contribution < -0.4 is 0 Å². The van der Waals surface area contributed by atoms with Crippen molar-refractivity contribution in [3.8, 4) is 0 Å². The topological polar surface area (TPSA) is 135 Å². The lowest BCUT2D eigenvalue weighted by molar-refractivity contribution is -0.305. The van der Waals surface area contributed by atoms with Crippen molar-refractivity contribution in [1.82, 2.24) is 0 Å². The molecule has 9 heteroatoms. The number of unbranched alkanes of at least 4 members (excludes halogenated alkanes) is 18. The molecule has 1 saturated heterocycles. The van der Waals surface area contributed by atoms with Gasteiger partial charge in [-0.2, -0.15) is 0 Å². The van der Waals surface area contributed by atoms with Crippen molar-refractivity contribution in [2.45, 2.75) is 224 Å². The van der Waals surface area contributed by atoms with Crippen LogP contribution in [0.25, 0.3) is 0 Å². The molecule has 6 unspecified atom stereocenters. The minimum absolute atomic E-state index is 0.123. The van der Waals surface area contributed by atoms with Gasteiger partial charge in [0.15, 0.2) is 6.29 Å². The SMILES string of the molecule is CC/C=C\C/C=C\C/C=C\C/C=C\C/C=C\C/C=C\CCCCCCCOCC(COC1OC(CO)C(O)C(O)C1O)OC(=O)CCCCCCCCCCCCCCCC. The standard InChI is InChI=1S/C52H90O9/c1-3-5-7-9-11-13-15-17-19-20-21-22-23-24-25-26-27-28-30-32-34-36-38-40-42-58-44-46(45-59-52-51(57)50(56)49(55)47(43-53)61-52)60-48(54)41-39-37-35-33-31-29-18-16-14-12-10-8-6-4-2/h5,7,11,13,17,19,21-22,24-25,27-28,46-47,49-53,55-57H,3-4,6,8-10,12,14-16,18,20,23,26,29-45H2,1-2H3/b7-5-,13-11-,19-17-,22-21-,25-24-,28-27-. The Labute approximate surface area is 372 Å². The van der Waals surface area contributed by atoms with Crippen molar-refractivity contribution in [2.24, 2.45) is 0 Å². The molecule has 352 valence electrons. The van der Waals surface area contributed by atoms with Crippen LogP contribution in [0, 0.1) is 0 Å². The van der Waals surface area contributed by atoms with Gasteiger partial charge in [-0.15, -0.1) is 0 Å². The summed E-state index contributed by atoms with van der Waals surface area (Å²) in [6.45, 7) is 4.40. The second-order valence-corrected chi connectivity index (χ2v) is 16.5. The van der Waals surface area contributed by atoms with E-state index in [9.17, 15) is 25.2 Å². The highest BCUT2D eigenvalue weighted by atomic mass is 16.7. The Balaban J connectivity index is 2.24. The van der Waals surface area contributed by atoms with E-state index < -0.39 is 43.4 Å². The van der Waals surface area contributed by atoms with E-state index in [0.717, 1.165) is 89.9 Å². The molecular formula is C52H90O9. The second kappa shape index (κ2) is 42.9. The number of carbonyl (C=O) groups excluding carboxylic acids is 1. The van der Waals surface area contributed by atoms with E-state index >= 15 is 0 Å². The van der Waals surface area contributed by atoms with Crippen molar-refractivity contribution in [3.63, 3.8) is 0 Å². The largest absolute Gasteiger partial charge is 0.457 e. The predicted molar refractivity (Wildman–Crippen MR) is 251 cm³/mol. The highest BCUT2D eigenvalue weighted by Gasteiger charge is 2.44. The molecule has 0 aromatic rings. The van der Waals surface area contributed by atoms with E-state index in [1.165, 1.54) is 77.0 Å². The maximum atomic E-state index is 12.8. The minimum Gasteiger partial charge on any atom is -0.457 e. The molecule has 4 N–H and O–H groups in total. The lowest BCUT2D eigenvalue weighted by atomic mass is 9.99. The molecule has 0 aliphatic carbocycles. The summed E-state index contributed by atoms with van der Waals surface area (Å²) < 4.78 is 22.8. The number of hydrogen-bond acceptors (Lipinski definition) is 9. The zero-order chi connectivity index (χ0) is 44.3. The number of carbonyl (C=O) groups is 1. The fourth-order valence-electron chi connectivity index (χ4n) is 7.08. The summed E-state index contributed by atoms with van der Waals surface area (Å²) in [5.41, 5.74) is 0. The molecule has 9 nitrogen and oxygen atoms in total. The molecule has 0 bridgehead atoms. The molecule has 0 aromatic heterocycles. The van der Waals surface area contributed by atoms with E-state index in [0.29, 0.717) is 13.0 Å². The fourth-order valence-corrected chi connectivity index (χ4v) is 7.08. The Kier molecular flexibility index (Phi) is 39.8. The van der Waals surface area contributed by atoms with E-state index in [1.54, 1.807) is 0 Å². The summed E-state index contributed by atoms with van der Waals surface area (Å²) in [4.78, 5) is 12.8. The van der Waals surface area contributed by atoms with Crippen molar-refractivity contribution in [2.75, 3.05) is 26.4 Å². The normalized spacial score (nSPS) is 20.5. The number of esters is 1. The number of hydrogen-bond donors (Lipinski definition) is 4. The third-order valence-corrected chi connectivity index (χ3v) is 10.9. The Morgan fingerprint density at radius 3 is 1.51 bits per heavy atom. The maximum absolute atomic E-state index is 12.8. The Hall–Kier alpha value is -2.37. The van der Waals surface area contributed by atoms with Gasteiger partial charge in [0.05, 0.1) is 19.8 Å². The van der Waals surface area contributed by atoms with Crippen LogP contribution in [0.5, 0.6) is 0 Å². The fraction of sp³-hybridized carbons (Fsp3) is 0.750. The molecule has 0 amide bonds. The van der Waals surface area contributed by atoms with Crippen molar-refractivity contribution in [1.29, 1.82) is 0 Å². The van der Waals surface area contributed by atoms with Gasteiger partial charge in [0.25, 0.3) is 0 Å². The zero-order valence-electron chi connectivity index (χ0n) is 38.6. The molecule has 1 aliphatic rings. The van der Waals surface area contributed by atoms with E-state index in [1.807, 2.05) is 0 Å². The summed E-state index contributed by atoms with van der Waals surface area (Å²) in [6.07, 6.45) is 49.3. The van der Waals surface area contributed by atoms with Gasteiger partial charge in [-0.05, 0) is 64.2 Å². The van der Waals surface area contributed by atoms with Gasteiger partial charge in [0, 0.05) is 13.0 Å². The monoisotopic (exact) mass is 859 g/mol. The van der Waals surface area contributed by atoms with Crippen LogP contribution >= 0.6 is 0 Å². The van der Waals surface area contributed by atoms with Crippen molar-refractivity contribution < 1.29 is 44.2 Å². The first kappa shape index (κ1) is 56.6. The van der Waals surface area contributed by atoms with Gasteiger partial charge in [0.1, 0.15) is 30.5 Å². The summed E-state index contributed by atoms with van der Waals surface area (Å²) in [7, 11) is 0. The lowest BCUT2D eigenvalue weighted by Crippen LogP contribution is -2.59. The van der Waals surface area contributed by atoms with E-state index in [-0.39, 0.29) is 19.2 Å². The van der Waals surface area contributed by atoms with E-state index in [4.69, 9.17) is 18.9 Å². The van der Waals surface area contributed by atoms with Gasteiger partial charge in [-0.25, -0.2) is 0 Å². The summed E-state index contributed by atoms with van der Waals surface area (Å²) in [6, 6.07) is 0.